The Bertz CT molecular complexity index is 917. The first-order valence-electron chi connectivity index (χ1n) is 8.79. The van der Waals surface area contributed by atoms with Crippen molar-refractivity contribution in [1.29, 1.82) is 5.26 Å². The second-order valence-electron chi connectivity index (χ2n) is 6.15. The van der Waals surface area contributed by atoms with Crippen molar-refractivity contribution >= 4 is 18.0 Å². The van der Waals surface area contributed by atoms with E-state index in [2.05, 4.69) is 0 Å². The van der Waals surface area contributed by atoms with Gasteiger partial charge in [0, 0.05) is 25.7 Å². The first-order valence-corrected chi connectivity index (χ1v) is 8.79. The zero-order chi connectivity index (χ0) is 21.2. The molecule has 0 N–H and O–H groups in total. The summed E-state index contributed by atoms with van der Waals surface area (Å²) in [4.78, 5) is 26.1. The van der Waals surface area contributed by atoms with Crippen molar-refractivity contribution in [2.24, 2.45) is 0 Å². The highest BCUT2D eigenvalue weighted by Gasteiger charge is 2.25. The number of hydrogen-bond donors (Lipinski definition) is 0. The molecular formula is C22H22N2O5. The van der Waals surface area contributed by atoms with Crippen molar-refractivity contribution in [1.82, 2.24) is 4.90 Å². The summed E-state index contributed by atoms with van der Waals surface area (Å²) in [5.74, 6) is -0.133. The van der Waals surface area contributed by atoms with Crippen LogP contribution in [0.4, 0.5) is 0 Å². The highest BCUT2D eigenvalue weighted by atomic mass is 16.5. The van der Waals surface area contributed by atoms with E-state index in [9.17, 15) is 9.59 Å². The number of nitrogens with zero attached hydrogens (tertiary/aromatic N) is 2. The van der Waals surface area contributed by atoms with Gasteiger partial charge < -0.3 is 19.1 Å². The summed E-state index contributed by atoms with van der Waals surface area (Å²) in [6.07, 6.45) is 1.75. The minimum Gasteiger partial charge on any atom is -0.493 e. The highest BCUT2D eigenvalue weighted by molar-refractivity contribution is 5.91. The third-order valence-corrected chi connectivity index (χ3v) is 3.89. The van der Waals surface area contributed by atoms with Gasteiger partial charge >= 0.3 is 5.97 Å². The molecule has 0 aliphatic rings. The minimum atomic E-state index is -1.03. The molecule has 0 spiro atoms. The maximum Gasteiger partial charge on any atom is 0.331 e. The van der Waals surface area contributed by atoms with Crippen LogP contribution >= 0.6 is 0 Å². The molecule has 1 atom stereocenters. The van der Waals surface area contributed by atoms with Crippen molar-refractivity contribution in [3.05, 3.63) is 65.7 Å². The zero-order valence-electron chi connectivity index (χ0n) is 16.5. The summed E-state index contributed by atoms with van der Waals surface area (Å²) in [6, 6.07) is 15.7. The number of methoxy groups -OCH3 is 1. The molecule has 0 fully saturated rings. The number of ether oxygens (including phenoxy) is 3. The molecule has 0 aromatic heterocycles. The van der Waals surface area contributed by atoms with Crippen LogP contribution < -0.4 is 9.47 Å². The molecule has 150 valence electrons. The van der Waals surface area contributed by atoms with Gasteiger partial charge in [-0.15, -0.1) is 0 Å². The van der Waals surface area contributed by atoms with E-state index < -0.39 is 12.1 Å². The molecule has 2 aromatic rings. The predicted molar refractivity (Wildman–Crippen MR) is 107 cm³/mol. The maximum atomic E-state index is 12.4. The van der Waals surface area contributed by atoms with E-state index in [0.29, 0.717) is 22.6 Å². The standard InChI is InChI=1S/C22H22N2O5/c1-24(2)22(26)21(17-7-5-4-6-8-17)29-20(25)12-10-16-9-11-18(28-14-13-23)19(15-16)27-3/h4-12,15,21H,14H2,1-3H3/b12-10+/t21-/m0/s1. The van der Waals surface area contributed by atoms with E-state index in [1.807, 2.05) is 12.1 Å². The molecule has 0 heterocycles. The van der Waals surface area contributed by atoms with Gasteiger partial charge in [0.1, 0.15) is 6.07 Å². The smallest absolute Gasteiger partial charge is 0.331 e. The highest BCUT2D eigenvalue weighted by Crippen LogP contribution is 2.28. The van der Waals surface area contributed by atoms with E-state index in [1.54, 1.807) is 62.6 Å². The molecule has 0 aliphatic heterocycles. The average Bonchev–Trinajstić information content (AvgIpc) is 2.74. The SMILES string of the molecule is COc1cc(/C=C/C(=O)O[C@H](C(=O)N(C)C)c2ccccc2)ccc1OCC#N. The van der Waals surface area contributed by atoms with Crippen LogP contribution in [0.3, 0.4) is 0 Å². The van der Waals surface area contributed by atoms with Gasteiger partial charge in [0.2, 0.25) is 6.10 Å². The van der Waals surface area contributed by atoms with Crippen molar-refractivity contribution < 1.29 is 23.8 Å². The van der Waals surface area contributed by atoms with Crippen LogP contribution in [0, 0.1) is 11.3 Å². The zero-order valence-corrected chi connectivity index (χ0v) is 16.5. The number of benzene rings is 2. The number of rotatable bonds is 8. The summed E-state index contributed by atoms with van der Waals surface area (Å²) in [6.45, 7) is -0.0986. The summed E-state index contributed by atoms with van der Waals surface area (Å²) in [7, 11) is 4.68. The van der Waals surface area contributed by atoms with Gasteiger partial charge in [0.25, 0.3) is 5.91 Å². The second-order valence-corrected chi connectivity index (χ2v) is 6.15. The fourth-order valence-electron chi connectivity index (χ4n) is 2.46. The van der Waals surface area contributed by atoms with E-state index in [-0.39, 0.29) is 12.5 Å². The van der Waals surface area contributed by atoms with Crippen LogP contribution in [-0.4, -0.2) is 44.6 Å². The Morgan fingerprint density at radius 3 is 2.48 bits per heavy atom. The number of nitriles is 1. The Balaban J connectivity index is 2.14. The molecule has 1 amide bonds. The van der Waals surface area contributed by atoms with Crippen LogP contribution in [0.2, 0.25) is 0 Å². The van der Waals surface area contributed by atoms with Gasteiger partial charge in [-0.3, -0.25) is 4.79 Å². The molecule has 29 heavy (non-hydrogen) atoms. The van der Waals surface area contributed by atoms with Gasteiger partial charge in [-0.25, -0.2) is 4.79 Å². The lowest BCUT2D eigenvalue weighted by Gasteiger charge is -2.20. The van der Waals surface area contributed by atoms with Gasteiger partial charge in [-0.1, -0.05) is 36.4 Å². The lowest BCUT2D eigenvalue weighted by atomic mass is 10.1. The lowest BCUT2D eigenvalue weighted by molar-refractivity contribution is -0.155. The van der Waals surface area contributed by atoms with E-state index in [4.69, 9.17) is 19.5 Å². The third kappa shape index (κ3) is 6.11. The predicted octanol–water partition coefficient (Wildman–Crippen LogP) is 2.98. The van der Waals surface area contributed by atoms with E-state index >= 15 is 0 Å². The molecule has 0 saturated carbocycles. The van der Waals surface area contributed by atoms with Crippen molar-refractivity contribution in [3.63, 3.8) is 0 Å². The first-order chi connectivity index (χ1) is 14.0. The largest absolute Gasteiger partial charge is 0.493 e. The molecule has 0 aliphatic carbocycles. The number of amides is 1. The number of likely N-dealkylation sites (N-methyl/N-ethyl adjacent to an activating group) is 1. The molecule has 2 rings (SSSR count). The molecular weight excluding hydrogens is 372 g/mol. The van der Waals surface area contributed by atoms with E-state index in [0.717, 1.165) is 0 Å². The monoisotopic (exact) mass is 394 g/mol. The molecule has 7 nitrogen and oxygen atoms in total. The van der Waals surface area contributed by atoms with Gasteiger partial charge in [-0.05, 0) is 23.8 Å². The normalized spacial score (nSPS) is 11.4. The van der Waals surface area contributed by atoms with Crippen LogP contribution in [0.15, 0.2) is 54.6 Å². The quantitative estimate of drug-likeness (QED) is 0.505. The number of hydrogen-bond acceptors (Lipinski definition) is 6. The number of carbonyl (C=O) groups excluding carboxylic acids is 2. The van der Waals surface area contributed by atoms with Crippen LogP contribution in [0.25, 0.3) is 6.08 Å². The second kappa shape index (κ2) is 10.5. The van der Waals surface area contributed by atoms with Gasteiger partial charge in [-0.2, -0.15) is 5.26 Å². The van der Waals surface area contributed by atoms with Crippen LogP contribution in [-0.2, 0) is 14.3 Å². The van der Waals surface area contributed by atoms with Gasteiger partial charge in [0.15, 0.2) is 18.1 Å². The van der Waals surface area contributed by atoms with Crippen molar-refractivity contribution in [2.75, 3.05) is 27.8 Å². The molecule has 0 saturated heterocycles. The molecule has 0 bridgehead atoms. The third-order valence-electron chi connectivity index (χ3n) is 3.89. The van der Waals surface area contributed by atoms with Crippen LogP contribution in [0.5, 0.6) is 11.5 Å². The van der Waals surface area contributed by atoms with E-state index in [1.165, 1.54) is 18.1 Å². The molecule has 2 aromatic carbocycles. The Morgan fingerprint density at radius 2 is 1.86 bits per heavy atom. The summed E-state index contributed by atoms with van der Waals surface area (Å²) in [5.41, 5.74) is 1.26. The van der Waals surface area contributed by atoms with Crippen molar-refractivity contribution in [3.8, 4) is 17.6 Å². The Labute approximate surface area is 169 Å². The number of esters is 1. The summed E-state index contributed by atoms with van der Waals surface area (Å²) < 4.78 is 15.9. The van der Waals surface area contributed by atoms with Crippen LogP contribution in [0.1, 0.15) is 17.2 Å². The maximum absolute atomic E-state index is 12.4. The average molecular weight is 394 g/mol. The minimum absolute atomic E-state index is 0.0986. The molecule has 0 radical (unpaired) electrons. The fourth-order valence-corrected chi connectivity index (χ4v) is 2.46. The Hall–Kier alpha value is -3.79. The van der Waals surface area contributed by atoms with Crippen molar-refractivity contribution in [2.45, 2.75) is 6.10 Å². The number of carbonyl (C=O) groups is 2. The topological polar surface area (TPSA) is 88.9 Å². The Kier molecular flexibility index (Phi) is 7.80. The Morgan fingerprint density at radius 1 is 1.14 bits per heavy atom. The fraction of sp³-hybridized carbons (Fsp3) is 0.227. The first kappa shape index (κ1) is 21.5. The van der Waals surface area contributed by atoms with Gasteiger partial charge in [0.05, 0.1) is 7.11 Å². The molecule has 7 heteroatoms. The summed E-state index contributed by atoms with van der Waals surface area (Å²) >= 11 is 0. The lowest BCUT2D eigenvalue weighted by Crippen LogP contribution is -2.30. The summed E-state index contributed by atoms with van der Waals surface area (Å²) in [5, 5.41) is 8.61. The molecule has 0 unspecified atom stereocenters.